The first-order valence-electron chi connectivity index (χ1n) is 6.66. The summed E-state index contributed by atoms with van der Waals surface area (Å²) < 4.78 is 1.42. The van der Waals surface area contributed by atoms with Crippen LogP contribution in [0.25, 0.3) is 33.5 Å². The van der Waals surface area contributed by atoms with E-state index in [9.17, 15) is 4.79 Å². The Morgan fingerprint density at radius 1 is 1.30 bits per heavy atom. The zero-order valence-electron chi connectivity index (χ0n) is 11.6. The molecule has 0 unspecified atom stereocenters. The van der Waals surface area contributed by atoms with Gasteiger partial charge in [0.05, 0.1) is 6.33 Å². The third-order valence-corrected chi connectivity index (χ3v) is 3.63. The molecule has 0 aliphatic carbocycles. The quantitative estimate of drug-likeness (QED) is 0.557. The monoisotopic (exact) mass is 328 g/mol. The standard InChI is InChI=1S/C14H9ClN6O2/c15-14-19-10(7-1-3-16-12-8(7)2-4-17-12)11-13(20-14)21(6-18-11)5-9(22)23/h1-4,6H,5H2,(H,16,17)(H,22,23). The van der Waals surface area contributed by atoms with Crippen LogP contribution in [0.4, 0.5) is 0 Å². The molecule has 2 N–H and O–H groups in total. The number of rotatable bonds is 3. The molecule has 0 aliphatic rings. The summed E-state index contributed by atoms with van der Waals surface area (Å²) in [4.78, 5) is 30.9. The van der Waals surface area contributed by atoms with Crippen molar-refractivity contribution in [1.82, 2.24) is 29.5 Å². The number of carboxylic acid groups (broad SMARTS) is 1. The molecule has 0 fully saturated rings. The van der Waals surface area contributed by atoms with E-state index in [1.54, 1.807) is 12.4 Å². The van der Waals surface area contributed by atoms with Gasteiger partial charge >= 0.3 is 5.97 Å². The topological polar surface area (TPSA) is 110 Å². The zero-order valence-corrected chi connectivity index (χ0v) is 12.3. The molecule has 23 heavy (non-hydrogen) atoms. The number of pyridine rings is 1. The van der Waals surface area contributed by atoms with Crippen LogP contribution in [-0.4, -0.2) is 40.6 Å². The summed E-state index contributed by atoms with van der Waals surface area (Å²) in [5.74, 6) is -0.988. The molecule has 4 aromatic rings. The van der Waals surface area contributed by atoms with Crippen LogP contribution in [0.2, 0.25) is 5.28 Å². The SMILES string of the molecule is O=C(O)Cn1cnc2c(-c3ccnc4[nH]ccc34)nc(Cl)nc21. The van der Waals surface area contributed by atoms with E-state index in [1.165, 1.54) is 10.9 Å². The maximum atomic E-state index is 11.0. The average Bonchev–Trinajstić information content (AvgIpc) is 3.13. The van der Waals surface area contributed by atoms with Crippen molar-refractivity contribution in [3.05, 3.63) is 36.1 Å². The smallest absolute Gasteiger partial charge is 0.323 e. The third kappa shape index (κ3) is 2.20. The Morgan fingerprint density at radius 3 is 3.00 bits per heavy atom. The normalized spacial score (nSPS) is 11.3. The second kappa shape index (κ2) is 5.03. The highest BCUT2D eigenvalue weighted by atomic mass is 35.5. The first kappa shape index (κ1) is 13.6. The Bertz CT molecular complexity index is 1050. The van der Waals surface area contributed by atoms with Crippen molar-refractivity contribution in [2.24, 2.45) is 0 Å². The summed E-state index contributed by atoms with van der Waals surface area (Å²) in [6.07, 6.45) is 4.86. The summed E-state index contributed by atoms with van der Waals surface area (Å²) >= 11 is 6.03. The van der Waals surface area contributed by atoms with Gasteiger partial charge in [0.1, 0.15) is 23.4 Å². The Kier molecular flexibility index (Phi) is 2.98. The number of carbonyl (C=O) groups is 1. The summed E-state index contributed by atoms with van der Waals surface area (Å²) in [5, 5.41) is 9.88. The van der Waals surface area contributed by atoms with Gasteiger partial charge in [-0.05, 0) is 23.7 Å². The summed E-state index contributed by atoms with van der Waals surface area (Å²) in [6, 6.07) is 3.69. The van der Waals surface area contributed by atoms with E-state index in [0.717, 1.165) is 16.6 Å². The molecule has 0 radical (unpaired) electrons. The fraction of sp³-hybridized carbons (Fsp3) is 0.0714. The van der Waals surface area contributed by atoms with E-state index in [-0.39, 0.29) is 11.8 Å². The van der Waals surface area contributed by atoms with Gasteiger partial charge in [0.15, 0.2) is 5.65 Å². The molecule has 114 valence electrons. The van der Waals surface area contributed by atoms with E-state index >= 15 is 0 Å². The molecule has 9 heteroatoms. The number of nitrogens with zero attached hydrogens (tertiary/aromatic N) is 5. The number of hydrogen-bond acceptors (Lipinski definition) is 5. The molecule has 0 aliphatic heterocycles. The molecule has 0 bridgehead atoms. The molecule has 0 aromatic carbocycles. The molecule has 4 rings (SSSR count). The predicted octanol–water partition coefficient (Wildman–Crippen LogP) is 2.11. The molecule has 4 heterocycles. The van der Waals surface area contributed by atoms with Crippen LogP contribution in [0.3, 0.4) is 0 Å². The molecule has 4 aromatic heterocycles. The van der Waals surface area contributed by atoms with Crippen molar-refractivity contribution in [2.75, 3.05) is 0 Å². The minimum absolute atomic E-state index is 0.0279. The van der Waals surface area contributed by atoms with Crippen LogP contribution in [-0.2, 0) is 11.3 Å². The molecule has 0 saturated carbocycles. The van der Waals surface area contributed by atoms with Crippen molar-refractivity contribution < 1.29 is 9.90 Å². The lowest BCUT2D eigenvalue weighted by Gasteiger charge is -2.05. The predicted molar refractivity (Wildman–Crippen MR) is 83.1 cm³/mol. The molecular formula is C14H9ClN6O2. The molecule has 0 atom stereocenters. The van der Waals surface area contributed by atoms with E-state index < -0.39 is 5.97 Å². The average molecular weight is 329 g/mol. The number of nitrogens with one attached hydrogen (secondary N) is 1. The zero-order chi connectivity index (χ0) is 16.0. The highest BCUT2D eigenvalue weighted by Crippen LogP contribution is 2.30. The lowest BCUT2D eigenvalue weighted by atomic mass is 10.1. The Morgan fingerprint density at radius 2 is 2.17 bits per heavy atom. The Hall–Kier alpha value is -3.00. The fourth-order valence-corrected chi connectivity index (χ4v) is 2.70. The van der Waals surface area contributed by atoms with Gasteiger partial charge in [0.25, 0.3) is 0 Å². The number of imidazole rings is 1. The third-order valence-electron chi connectivity index (χ3n) is 3.46. The number of H-pyrrole nitrogens is 1. The van der Waals surface area contributed by atoms with Gasteiger partial charge in [-0.25, -0.2) is 15.0 Å². The van der Waals surface area contributed by atoms with Crippen molar-refractivity contribution in [3.8, 4) is 11.3 Å². The second-order valence-electron chi connectivity index (χ2n) is 4.88. The molecular weight excluding hydrogens is 320 g/mol. The van der Waals surface area contributed by atoms with Gasteiger partial charge in [0, 0.05) is 23.3 Å². The highest BCUT2D eigenvalue weighted by Gasteiger charge is 2.17. The number of aromatic nitrogens is 6. The number of aromatic amines is 1. The first-order chi connectivity index (χ1) is 11.1. The van der Waals surface area contributed by atoms with Crippen molar-refractivity contribution >= 4 is 39.8 Å². The van der Waals surface area contributed by atoms with E-state index in [1.807, 2.05) is 12.1 Å². The largest absolute Gasteiger partial charge is 0.480 e. The summed E-state index contributed by atoms with van der Waals surface area (Å²) in [5.41, 5.74) is 2.92. The van der Waals surface area contributed by atoms with Gasteiger partial charge in [0.2, 0.25) is 5.28 Å². The molecule has 8 nitrogen and oxygen atoms in total. The van der Waals surface area contributed by atoms with Crippen LogP contribution in [0, 0.1) is 0 Å². The number of hydrogen-bond donors (Lipinski definition) is 2. The molecule has 0 amide bonds. The van der Waals surface area contributed by atoms with E-state index in [2.05, 4.69) is 24.9 Å². The van der Waals surface area contributed by atoms with Crippen LogP contribution >= 0.6 is 11.6 Å². The van der Waals surface area contributed by atoms with Gasteiger partial charge in [-0.2, -0.15) is 4.98 Å². The highest BCUT2D eigenvalue weighted by molar-refractivity contribution is 6.28. The van der Waals surface area contributed by atoms with Crippen molar-refractivity contribution in [3.63, 3.8) is 0 Å². The van der Waals surface area contributed by atoms with E-state index in [4.69, 9.17) is 16.7 Å². The Balaban J connectivity index is 2.02. The lowest BCUT2D eigenvalue weighted by Crippen LogP contribution is -2.08. The first-order valence-corrected chi connectivity index (χ1v) is 7.04. The van der Waals surface area contributed by atoms with Crippen LogP contribution in [0.1, 0.15) is 0 Å². The molecule has 0 spiro atoms. The summed E-state index contributed by atoms with van der Waals surface area (Å²) in [6.45, 7) is -0.251. The fourth-order valence-electron chi connectivity index (χ4n) is 2.53. The lowest BCUT2D eigenvalue weighted by molar-refractivity contribution is -0.137. The van der Waals surface area contributed by atoms with Crippen LogP contribution in [0.15, 0.2) is 30.9 Å². The van der Waals surface area contributed by atoms with Crippen LogP contribution in [0.5, 0.6) is 0 Å². The number of halogens is 1. The maximum absolute atomic E-state index is 11.0. The maximum Gasteiger partial charge on any atom is 0.323 e. The molecule has 0 saturated heterocycles. The van der Waals surface area contributed by atoms with Gasteiger partial charge < -0.3 is 14.7 Å². The number of aliphatic carboxylic acids is 1. The van der Waals surface area contributed by atoms with Gasteiger partial charge in [-0.3, -0.25) is 4.79 Å². The van der Waals surface area contributed by atoms with Gasteiger partial charge in [-0.15, -0.1) is 0 Å². The Labute approximate surface area is 133 Å². The van der Waals surface area contributed by atoms with Crippen LogP contribution < -0.4 is 0 Å². The second-order valence-corrected chi connectivity index (χ2v) is 5.22. The van der Waals surface area contributed by atoms with Crippen molar-refractivity contribution in [1.29, 1.82) is 0 Å². The number of carboxylic acids is 1. The minimum atomic E-state index is -0.988. The number of fused-ring (bicyclic) bond motifs is 2. The van der Waals surface area contributed by atoms with Gasteiger partial charge in [-0.1, -0.05) is 0 Å². The summed E-state index contributed by atoms with van der Waals surface area (Å²) in [7, 11) is 0. The minimum Gasteiger partial charge on any atom is -0.480 e. The van der Waals surface area contributed by atoms with Crippen molar-refractivity contribution in [2.45, 2.75) is 6.54 Å². The van der Waals surface area contributed by atoms with E-state index in [0.29, 0.717) is 16.9 Å².